The lowest BCUT2D eigenvalue weighted by molar-refractivity contribution is 0.601. The van der Waals surface area contributed by atoms with E-state index in [0.717, 1.165) is 5.56 Å². The van der Waals surface area contributed by atoms with Gasteiger partial charge in [-0.15, -0.1) is 0 Å². The minimum Gasteiger partial charge on any atom is -0.280 e. The molecule has 0 aliphatic heterocycles. The Morgan fingerprint density at radius 2 is 1.79 bits per heavy atom. The third-order valence-electron chi connectivity index (χ3n) is 2.57. The molecule has 0 fully saturated rings. The summed E-state index contributed by atoms with van der Waals surface area (Å²) in [5.74, 6) is 0. The number of rotatable bonds is 3. The maximum Gasteiger partial charge on any atom is 0.263 e. The van der Waals surface area contributed by atoms with Crippen molar-refractivity contribution in [2.45, 2.75) is 11.8 Å². The molecular formula is C14H12N2O2S. The van der Waals surface area contributed by atoms with E-state index in [4.69, 9.17) is 5.26 Å². The van der Waals surface area contributed by atoms with Crippen LogP contribution in [-0.4, -0.2) is 8.42 Å². The van der Waals surface area contributed by atoms with Crippen LogP contribution in [0.5, 0.6) is 0 Å². The second-order valence-corrected chi connectivity index (χ2v) is 5.73. The van der Waals surface area contributed by atoms with Crippen LogP contribution in [0.3, 0.4) is 0 Å². The predicted octanol–water partition coefficient (Wildman–Crippen LogP) is 2.67. The fourth-order valence-corrected chi connectivity index (χ4v) is 2.88. The molecule has 4 nitrogen and oxygen atoms in total. The Kier molecular flexibility index (Phi) is 3.54. The van der Waals surface area contributed by atoms with Crippen molar-refractivity contribution < 1.29 is 8.42 Å². The number of nitriles is 1. The number of anilines is 1. The van der Waals surface area contributed by atoms with Gasteiger partial charge in [0.25, 0.3) is 10.0 Å². The molecule has 1 N–H and O–H groups in total. The molecule has 96 valence electrons. The van der Waals surface area contributed by atoms with Gasteiger partial charge in [0.15, 0.2) is 0 Å². The minimum atomic E-state index is -3.75. The predicted molar refractivity (Wildman–Crippen MR) is 73.1 cm³/mol. The van der Waals surface area contributed by atoms with E-state index in [2.05, 4.69) is 4.72 Å². The lowest BCUT2D eigenvalue weighted by Gasteiger charge is -2.09. The van der Waals surface area contributed by atoms with Crippen molar-refractivity contribution in [3.8, 4) is 6.07 Å². The van der Waals surface area contributed by atoms with Crippen LogP contribution in [0.25, 0.3) is 0 Å². The van der Waals surface area contributed by atoms with Crippen LogP contribution in [0, 0.1) is 18.3 Å². The summed E-state index contributed by atoms with van der Waals surface area (Å²) in [6.45, 7) is 1.81. The summed E-state index contributed by atoms with van der Waals surface area (Å²) in [4.78, 5) is -0.00977. The van der Waals surface area contributed by atoms with Gasteiger partial charge in [0.2, 0.25) is 0 Å². The highest BCUT2D eigenvalue weighted by Gasteiger charge is 2.18. The molecule has 0 bridgehead atoms. The molecule has 0 radical (unpaired) electrons. The highest BCUT2D eigenvalue weighted by Crippen LogP contribution is 2.20. The Labute approximate surface area is 112 Å². The number of nitrogens with one attached hydrogen (secondary N) is 1. The van der Waals surface area contributed by atoms with E-state index in [1.807, 2.05) is 13.0 Å². The minimum absolute atomic E-state index is 0.00977. The summed E-state index contributed by atoms with van der Waals surface area (Å²) < 4.78 is 26.9. The molecule has 0 aliphatic rings. The van der Waals surface area contributed by atoms with Gasteiger partial charge in [-0.25, -0.2) is 8.42 Å². The van der Waals surface area contributed by atoms with Crippen LogP contribution >= 0.6 is 0 Å². The average Bonchev–Trinajstić information content (AvgIpc) is 2.38. The normalized spacial score (nSPS) is 10.7. The van der Waals surface area contributed by atoms with Gasteiger partial charge >= 0.3 is 0 Å². The zero-order chi connectivity index (χ0) is 13.9. The number of hydrogen-bond donors (Lipinski definition) is 1. The molecule has 0 atom stereocenters. The van der Waals surface area contributed by atoms with E-state index in [9.17, 15) is 8.42 Å². The summed E-state index contributed by atoms with van der Waals surface area (Å²) in [5.41, 5.74) is 1.45. The number of aryl methyl sites for hydroxylation is 1. The Morgan fingerprint density at radius 1 is 1.11 bits per heavy atom. The molecule has 0 aromatic heterocycles. The van der Waals surface area contributed by atoms with Crippen molar-refractivity contribution in [3.63, 3.8) is 0 Å². The molecule has 0 aliphatic carbocycles. The first-order valence-corrected chi connectivity index (χ1v) is 7.10. The molecule has 19 heavy (non-hydrogen) atoms. The molecular weight excluding hydrogens is 260 g/mol. The number of nitrogens with zero attached hydrogens (tertiary/aromatic N) is 1. The molecule has 5 heteroatoms. The molecule has 0 spiro atoms. The molecule has 2 rings (SSSR count). The Balaban J connectivity index is 2.44. The number of benzene rings is 2. The molecule has 0 amide bonds. The number of sulfonamides is 1. The quantitative estimate of drug-likeness (QED) is 0.933. The van der Waals surface area contributed by atoms with E-state index in [-0.39, 0.29) is 10.5 Å². The highest BCUT2D eigenvalue weighted by atomic mass is 32.2. The maximum atomic E-state index is 12.2. The Bertz CT molecular complexity index is 732. The van der Waals surface area contributed by atoms with E-state index in [1.54, 1.807) is 42.5 Å². The van der Waals surface area contributed by atoms with E-state index in [0.29, 0.717) is 5.69 Å². The van der Waals surface area contributed by atoms with Crippen LogP contribution in [0.4, 0.5) is 5.69 Å². The first-order valence-electron chi connectivity index (χ1n) is 5.61. The Hall–Kier alpha value is -2.32. The highest BCUT2D eigenvalue weighted by molar-refractivity contribution is 7.92. The average molecular weight is 272 g/mol. The molecule has 2 aromatic rings. The standard InChI is InChI=1S/C14H12N2O2S/c1-11-7-8-14(12(9-11)10-15)19(17,18)16-13-5-3-2-4-6-13/h2-9,16H,1H3. The summed E-state index contributed by atoms with van der Waals surface area (Å²) in [6, 6.07) is 15.1. The summed E-state index contributed by atoms with van der Waals surface area (Å²) >= 11 is 0. The van der Waals surface area contributed by atoms with Crippen LogP contribution in [-0.2, 0) is 10.0 Å². The molecule has 0 saturated heterocycles. The third-order valence-corrected chi connectivity index (χ3v) is 4.01. The Morgan fingerprint density at radius 3 is 2.42 bits per heavy atom. The molecule has 0 heterocycles. The third kappa shape index (κ3) is 2.92. The van der Waals surface area contributed by atoms with Crippen molar-refractivity contribution in [1.29, 1.82) is 5.26 Å². The SMILES string of the molecule is Cc1ccc(S(=O)(=O)Nc2ccccc2)c(C#N)c1. The van der Waals surface area contributed by atoms with Crippen LogP contribution in [0.2, 0.25) is 0 Å². The lowest BCUT2D eigenvalue weighted by atomic mass is 10.2. The maximum absolute atomic E-state index is 12.2. The van der Waals surface area contributed by atoms with Crippen molar-refractivity contribution in [2.75, 3.05) is 4.72 Å². The van der Waals surface area contributed by atoms with Crippen molar-refractivity contribution >= 4 is 15.7 Å². The molecule has 0 saturated carbocycles. The lowest BCUT2D eigenvalue weighted by Crippen LogP contribution is -2.14. The molecule has 0 unspecified atom stereocenters. The molecule has 2 aromatic carbocycles. The van der Waals surface area contributed by atoms with Gasteiger partial charge in [0, 0.05) is 5.69 Å². The fraction of sp³-hybridized carbons (Fsp3) is 0.0714. The fourth-order valence-electron chi connectivity index (χ4n) is 1.68. The van der Waals surface area contributed by atoms with Crippen LogP contribution < -0.4 is 4.72 Å². The smallest absolute Gasteiger partial charge is 0.263 e. The van der Waals surface area contributed by atoms with E-state index < -0.39 is 10.0 Å². The van der Waals surface area contributed by atoms with Gasteiger partial charge in [-0.2, -0.15) is 5.26 Å². The first kappa shape index (κ1) is 13.1. The van der Waals surface area contributed by atoms with E-state index >= 15 is 0 Å². The van der Waals surface area contributed by atoms with Crippen LogP contribution in [0.1, 0.15) is 11.1 Å². The van der Waals surface area contributed by atoms with Gasteiger partial charge in [-0.05, 0) is 36.8 Å². The topological polar surface area (TPSA) is 70.0 Å². The van der Waals surface area contributed by atoms with Gasteiger partial charge in [0.05, 0.1) is 5.56 Å². The van der Waals surface area contributed by atoms with Crippen LogP contribution in [0.15, 0.2) is 53.4 Å². The zero-order valence-electron chi connectivity index (χ0n) is 10.3. The van der Waals surface area contributed by atoms with Gasteiger partial charge in [0.1, 0.15) is 11.0 Å². The monoisotopic (exact) mass is 272 g/mol. The van der Waals surface area contributed by atoms with Crippen molar-refractivity contribution in [1.82, 2.24) is 0 Å². The summed E-state index contributed by atoms with van der Waals surface area (Å²) in [5, 5.41) is 9.03. The summed E-state index contributed by atoms with van der Waals surface area (Å²) in [7, 11) is -3.75. The van der Waals surface area contributed by atoms with Gasteiger partial charge in [-0.1, -0.05) is 24.3 Å². The zero-order valence-corrected chi connectivity index (χ0v) is 11.1. The first-order chi connectivity index (χ1) is 9.03. The second kappa shape index (κ2) is 5.12. The van der Waals surface area contributed by atoms with E-state index in [1.165, 1.54) is 6.07 Å². The van der Waals surface area contributed by atoms with Gasteiger partial charge in [-0.3, -0.25) is 4.72 Å². The van der Waals surface area contributed by atoms with Crippen molar-refractivity contribution in [3.05, 3.63) is 59.7 Å². The van der Waals surface area contributed by atoms with Gasteiger partial charge < -0.3 is 0 Å². The summed E-state index contributed by atoms with van der Waals surface area (Å²) in [6.07, 6.45) is 0. The van der Waals surface area contributed by atoms with Crippen molar-refractivity contribution in [2.24, 2.45) is 0 Å². The number of para-hydroxylation sites is 1. The second-order valence-electron chi connectivity index (χ2n) is 4.08. The number of hydrogen-bond acceptors (Lipinski definition) is 3. The largest absolute Gasteiger partial charge is 0.280 e.